The van der Waals surface area contributed by atoms with E-state index in [4.69, 9.17) is 9.47 Å². The van der Waals surface area contributed by atoms with Gasteiger partial charge in [-0.25, -0.2) is 0 Å². The van der Waals surface area contributed by atoms with E-state index in [-0.39, 0.29) is 0 Å². The minimum atomic E-state index is 0.456. The number of aromatic nitrogens is 1. The SMILES string of the molecule is CN=C(NCc1cccc(OCc2ccccn2)c1)N1CCN(c2ccc(OC)cc2)CC1. The number of methoxy groups -OCH3 is 1. The maximum Gasteiger partial charge on any atom is 0.194 e. The molecule has 1 aliphatic heterocycles. The van der Waals surface area contributed by atoms with E-state index in [1.54, 1.807) is 13.3 Å². The molecule has 1 N–H and O–H groups in total. The second-order valence-electron chi connectivity index (χ2n) is 7.83. The number of ether oxygens (including phenoxy) is 2. The number of piperazine rings is 1. The van der Waals surface area contributed by atoms with Crippen LogP contribution >= 0.6 is 0 Å². The molecule has 1 aliphatic rings. The van der Waals surface area contributed by atoms with Crippen LogP contribution in [-0.4, -0.2) is 56.2 Å². The van der Waals surface area contributed by atoms with Gasteiger partial charge in [0.1, 0.15) is 18.1 Å². The summed E-state index contributed by atoms with van der Waals surface area (Å²) < 4.78 is 11.2. The smallest absolute Gasteiger partial charge is 0.194 e. The van der Waals surface area contributed by atoms with Crippen molar-refractivity contribution in [1.82, 2.24) is 15.2 Å². The summed E-state index contributed by atoms with van der Waals surface area (Å²) in [4.78, 5) is 13.5. The van der Waals surface area contributed by atoms with Crippen molar-refractivity contribution in [3.05, 3.63) is 84.2 Å². The summed E-state index contributed by atoms with van der Waals surface area (Å²) in [5, 5.41) is 3.50. The molecule has 0 aliphatic carbocycles. The molecule has 2 aromatic carbocycles. The van der Waals surface area contributed by atoms with Gasteiger partial charge in [0.2, 0.25) is 0 Å². The lowest BCUT2D eigenvalue weighted by Crippen LogP contribution is -2.52. The molecule has 7 nitrogen and oxygen atoms in total. The van der Waals surface area contributed by atoms with Crippen molar-refractivity contribution in [2.24, 2.45) is 4.99 Å². The molecule has 1 saturated heterocycles. The van der Waals surface area contributed by atoms with Gasteiger partial charge >= 0.3 is 0 Å². The average Bonchev–Trinajstić information content (AvgIpc) is 2.89. The van der Waals surface area contributed by atoms with Crippen LogP contribution in [0.2, 0.25) is 0 Å². The minimum absolute atomic E-state index is 0.456. The van der Waals surface area contributed by atoms with Crippen LogP contribution in [-0.2, 0) is 13.2 Å². The Bertz CT molecular complexity index is 1030. The largest absolute Gasteiger partial charge is 0.497 e. The first kappa shape index (κ1) is 22.5. The monoisotopic (exact) mass is 445 g/mol. The molecule has 0 atom stereocenters. The fraction of sp³-hybridized carbons (Fsp3) is 0.308. The number of nitrogens with zero attached hydrogens (tertiary/aromatic N) is 4. The second-order valence-corrected chi connectivity index (χ2v) is 7.83. The van der Waals surface area contributed by atoms with Crippen LogP contribution in [0.15, 0.2) is 77.9 Å². The standard InChI is InChI=1S/C26H31N5O2/c1-27-26(31-16-14-30(15-17-31)23-9-11-24(32-2)12-10-23)29-19-21-6-5-8-25(18-21)33-20-22-7-3-4-13-28-22/h3-13,18H,14-17,19-20H2,1-2H3,(H,27,29). The van der Waals surface area contributed by atoms with Crippen molar-refractivity contribution in [3.63, 3.8) is 0 Å². The van der Waals surface area contributed by atoms with Crippen molar-refractivity contribution in [2.75, 3.05) is 45.2 Å². The lowest BCUT2D eigenvalue weighted by Gasteiger charge is -2.37. The van der Waals surface area contributed by atoms with E-state index in [0.717, 1.165) is 54.9 Å². The number of guanidine groups is 1. The Labute approximate surface area is 195 Å². The predicted molar refractivity (Wildman–Crippen MR) is 132 cm³/mol. The molecule has 0 unspecified atom stereocenters. The van der Waals surface area contributed by atoms with Gasteiger partial charge in [0.25, 0.3) is 0 Å². The Balaban J connectivity index is 1.27. The Kier molecular flexibility index (Phi) is 7.64. The molecule has 0 bridgehead atoms. The zero-order valence-electron chi connectivity index (χ0n) is 19.3. The van der Waals surface area contributed by atoms with Gasteiger partial charge in [-0.2, -0.15) is 0 Å². The predicted octanol–water partition coefficient (Wildman–Crippen LogP) is 3.57. The number of rotatable bonds is 7. The van der Waals surface area contributed by atoms with E-state index in [1.807, 2.05) is 49.5 Å². The lowest BCUT2D eigenvalue weighted by atomic mass is 10.2. The third kappa shape index (κ3) is 6.16. The van der Waals surface area contributed by atoms with E-state index in [1.165, 1.54) is 5.69 Å². The van der Waals surface area contributed by atoms with E-state index in [9.17, 15) is 0 Å². The van der Waals surface area contributed by atoms with Crippen LogP contribution in [0.4, 0.5) is 5.69 Å². The molecule has 1 fully saturated rings. The van der Waals surface area contributed by atoms with Crippen molar-refractivity contribution < 1.29 is 9.47 Å². The molecule has 33 heavy (non-hydrogen) atoms. The molecule has 1 aromatic heterocycles. The van der Waals surface area contributed by atoms with Gasteiger partial charge < -0.3 is 24.6 Å². The first-order valence-corrected chi connectivity index (χ1v) is 11.2. The Morgan fingerprint density at radius 3 is 2.48 bits per heavy atom. The van der Waals surface area contributed by atoms with Crippen molar-refractivity contribution in [1.29, 1.82) is 0 Å². The van der Waals surface area contributed by atoms with Crippen LogP contribution < -0.4 is 19.7 Å². The maximum atomic E-state index is 5.91. The number of anilines is 1. The highest BCUT2D eigenvalue weighted by Gasteiger charge is 2.19. The fourth-order valence-electron chi connectivity index (χ4n) is 3.87. The normalized spacial score (nSPS) is 14.2. The molecule has 4 rings (SSSR count). The molecule has 172 valence electrons. The van der Waals surface area contributed by atoms with Crippen LogP contribution in [0.3, 0.4) is 0 Å². The molecule has 7 heteroatoms. The Hall–Kier alpha value is -3.74. The molecule has 0 saturated carbocycles. The van der Waals surface area contributed by atoms with Crippen LogP contribution in [0.1, 0.15) is 11.3 Å². The van der Waals surface area contributed by atoms with Gasteiger partial charge in [-0.05, 0) is 54.1 Å². The summed E-state index contributed by atoms with van der Waals surface area (Å²) in [6.45, 7) is 4.87. The molecule has 2 heterocycles. The number of hydrogen-bond donors (Lipinski definition) is 1. The van der Waals surface area contributed by atoms with Gasteiger partial charge in [-0.3, -0.25) is 9.98 Å². The number of nitrogens with one attached hydrogen (secondary N) is 1. The minimum Gasteiger partial charge on any atom is -0.497 e. The number of hydrogen-bond acceptors (Lipinski definition) is 5. The Morgan fingerprint density at radius 1 is 0.970 bits per heavy atom. The molecular formula is C26H31N5O2. The quantitative estimate of drug-likeness (QED) is 0.443. The van der Waals surface area contributed by atoms with Crippen LogP contribution in [0.25, 0.3) is 0 Å². The average molecular weight is 446 g/mol. The molecule has 0 radical (unpaired) electrons. The molecule has 0 amide bonds. The third-order valence-electron chi connectivity index (χ3n) is 5.69. The topological polar surface area (TPSA) is 62.2 Å². The zero-order chi connectivity index (χ0) is 22.9. The van der Waals surface area contributed by atoms with Gasteiger partial charge in [-0.15, -0.1) is 0 Å². The summed E-state index contributed by atoms with van der Waals surface area (Å²) in [5.41, 5.74) is 3.28. The Morgan fingerprint density at radius 2 is 1.79 bits per heavy atom. The third-order valence-corrected chi connectivity index (χ3v) is 5.69. The van der Waals surface area contributed by atoms with E-state index in [2.05, 4.69) is 49.4 Å². The lowest BCUT2D eigenvalue weighted by molar-refractivity contribution is 0.301. The van der Waals surface area contributed by atoms with E-state index < -0.39 is 0 Å². The first-order valence-electron chi connectivity index (χ1n) is 11.2. The number of benzene rings is 2. The van der Waals surface area contributed by atoms with E-state index >= 15 is 0 Å². The summed E-state index contributed by atoms with van der Waals surface area (Å²) in [6.07, 6.45) is 1.78. The number of pyridine rings is 1. The van der Waals surface area contributed by atoms with Gasteiger partial charge in [0, 0.05) is 51.7 Å². The second kappa shape index (κ2) is 11.2. The number of aliphatic imine (C=N–C) groups is 1. The van der Waals surface area contributed by atoms with E-state index in [0.29, 0.717) is 13.2 Å². The molecule has 3 aromatic rings. The maximum absolute atomic E-state index is 5.91. The molecular weight excluding hydrogens is 414 g/mol. The van der Waals surface area contributed by atoms with Crippen molar-refractivity contribution in [3.8, 4) is 11.5 Å². The van der Waals surface area contributed by atoms with Crippen molar-refractivity contribution >= 4 is 11.6 Å². The van der Waals surface area contributed by atoms with Gasteiger partial charge in [0.15, 0.2) is 5.96 Å². The highest BCUT2D eigenvalue weighted by Crippen LogP contribution is 2.20. The summed E-state index contributed by atoms with van der Waals surface area (Å²) in [5.74, 6) is 2.64. The van der Waals surface area contributed by atoms with Gasteiger partial charge in [-0.1, -0.05) is 18.2 Å². The summed E-state index contributed by atoms with van der Waals surface area (Å²) >= 11 is 0. The van der Waals surface area contributed by atoms with Crippen molar-refractivity contribution in [2.45, 2.75) is 13.2 Å². The van der Waals surface area contributed by atoms with Crippen LogP contribution in [0, 0.1) is 0 Å². The highest BCUT2D eigenvalue weighted by molar-refractivity contribution is 5.80. The summed E-state index contributed by atoms with van der Waals surface area (Å²) in [7, 11) is 3.53. The first-order chi connectivity index (χ1) is 16.2. The fourth-order valence-corrected chi connectivity index (χ4v) is 3.87. The molecule has 0 spiro atoms. The zero-order valence-corrected chi connectivity index (χ0v) is 19.3. The van der Waals surface area contributed by atoms with Crippen LogP contribution in [0.5, 0.6) is 11.5 Å². The van der Waals surface area contributed by atoms with Gasteiger partial charge in [0.05, 0.1) is 12.8 Å². The summed E-state index contributed by atoms with van der Waals surface area (Å²) in [6, 6.07) is 22.2. The highest BCUT2D eigenvalue weighted by atomic mass is 16.5.